The number of nitrogens with one attached hydrogen (secondary N) is 2. The van der Waals surface area contributed by atoms with E-state index in [1.807, 2.05) is 48.5 Å². The highest BCUT2D eigenvalue weighted by Gasteiger charge is 2.11. The van der Waals surface area contributed by atoms with Gasteiger partial charge in [-0.15, -0.1) is 0 Å². The van der Waals surface area contributed by atoms with Gasteiger partial charge >= 0.3 is 0 Å². The molecule has 27 heavy (non-hydrogen) atoms. The van der Waals surface area contributed by atoms with Gasteiger partial charge < -0.3 is 10.6 Å². The lowest BCUT2D eigenvalue weighted by molar-refractivity contribution is -0.384. The number of carbonyl (C=O) groups is 1. The van der Waals surface area contributed by atoms with Gasteiger partial charge in [0.2, 0.25) is 0 Å². The molecule has 3 aromatic rings. The summed E-state index contributed by atoms with van der Waals surface area (Å²) in [4.78, 5) is 22.4. The number of amides is 1. The zero-order valence-corrected chi connectivity index (χ0v) is 14.0. The van der Waals surface area contributed by atoms with Gasteiger partial charge in [-0.3, -0.25) is 14.9 Å². The number of nitriles is 1. The third-order valence-electron chi connectivity index (χ3n) is 3.86. The normalized spacial score (nSPS) is 10.9. The Hall–Kier alpha value is -4.18. The largest absolute Gasteiger partial charge is 0.360 e. The molecule has 2 N–H and O–H groups in total. The number of fused-ring (bicyclic) bond motifs is 1. The van der Waals surface area contributed by atoms with Gasteiger partial charge in [-0.1, -0.05) is 36.4 Å². The van der Waals surface area contributed by atoms with Gasteiger partial charge in [0.15, 0.2) is 0 Å². The smallest absolute Gasteiger partial charge is 0.269 e. The lowest BCUT2D eigenvalue weighted by Gasteiger charge is -2.07. The molecule has 0 atom stereocenters. The summed E-state index contributed by atoms with van der Waals surface area (Å²) < 4.78 is 0. The number of benzene rings is 3. The highest BCUT2D eigenvalue weighted by Crippen LogP contribution is 2.23. The van der Waals surface area contributed by atoms with Crippen LogP contribution in [0.4, 0.5) is 17.1 Å². The summed E-state index contributed by atoms with van der Waals surface area (Å²) >= 11 is 0. The van der Waals surface area contributed by atoms with Gasteiger partial charge in [0, 0.05) is 35.1 Å². The predicted octanol–water partition coefficient (Wildman–Crippen LogP) is 4.21. The first-order valence-corrected chi connectivity index (χ1v) is 7.99. The van der Waals surface area contributed by atoms with E-state index in [1.54, 1.807) is 0 Å². The second kappa shape index (κ2) is 7.80. The van der Waals surface area contributed by atoms with Crippen LogP contribution in [0.3, 0.4) is 0 Å². The van der Waals surface area contributed by atoms with Crippen LogP contribution in [0, 0.1) is 21.4 Å². The van der Waals surface area contributed by atoms with Crippen molar-refractivity contribution in [1.29, 1.82) is 5.26 Å². The van der Waals surface area contributed by atoms with Crippen molar-refractivity contribution in [3.05, 3.63) is 88.6 Å². The predicted molar refractivity (Wildman–Crippen MR) is 103 cm³/mol. The van der Waals surface area contributed by atoms with E-state index in [4.69, 9.17) is 0 Å². The number of non-ortho nitro benzene ring substituents is 1. The maximum atomic E-state index is 12.3. The van der Waals surface area contributed by atoms with Crippen LogP contribution >= 0.6 is 0 Å². The second-order valence-corrected chi connectivity index (χ2v) is 5.60. The van der Waals surface area contributed by atoms with Gasteiger partial charge in [-0.05, 0) is 23.6 Å². The van der Waals surface area contributed by atoms with Gasteiger partial charge in [-0.2, -0.15) is 5.26 Å². The monoisotopic (exact) mass is 358 g/mol. The minimum Gasteiger partial charge on any atom is -0.360 e. The SMILES string of the molecule is N#C/C(=C/Nc1cccc2ccccc12)C(=O)Nc1ccc([N+](=O)[O-])cc1. The molecule has 0 aliphatic rings. The molecule has 0 aromatic heterocycles. The zero-order valence-electron chi connectivity index (χ0n) is 14.0. The van der Waals surface area contributed by atoms with Gasteiger partial charge in [0.1, 0.15) is 11.6 Å². The van der Waals surface area contributed by atoms with Crippen molar-refractivity contribution in [3.8, 4) is 6.07 Å². The Labute approximate surface area is 154 Å². The first-order valence-electron chi connectivity index (χ1n) is 7.99. The van der Waals surface area contributed by atoms with E-state index in [1.165, 1.54) is 30.5 Å². The minimum absolute atomic E-state index is 0.0818. The fraction of sp³-hybridized carbons (Fsp3) is 0. The molecule has 7 heteroatoms. The second-order valence-electron chi connectivity index (χ2n) is 5.60. The van der Waals surface area contributed by atoms with E-state index in [-0.39, 0.29) is 11.3 Å². The van der Waals surface area contributed by atoms with Crippen molar-refractivity contribution in [1.82, 2.24) is 0 Å². The summed E-state index contributed by atoms with van der Waals surface area (Å²) in [5.41, 5.74) is 0.920. The summed E-state index contributed by atoms with van der Waals surface area (Å²) in [5.74, 6) is -0.612. The van der Waals surface area contributed by atoms with E-state index in [9.17, 15) is 20.2 Å². The van der Waals surface area contributed by atoms with Crippen LogP contribution in [0.15, 0.2) is 78.5 Å². The molecular formula is C20H14N4O3. The highest BCUT2D eigenvalue weighted by molar-refractivity contribution is 6.07. The highest BCUT2D eigenvalue weighted by atomic mass is 16.6. The number of nitrogens with zero attached hydrogens (tertiary/aromatic N) is 2. The molecule has 7 nitrogen and oxygen atoms in total. The average Bonchev–Trinajstić information content (AvgIpc) is 2.69. The standard InChI is InChI=1S/C20H14N4O3/c21-12-15(20(25)23-16-8-10-17(11-9-16)24(26)27)13-22-19-7-3-5-14-4-1-2-6-18(14)19/h1-11,13,22H,(H,23,25)/b15-13-. The van der Waals surface area contributed by atoms with Crippen LogP contribution in [0.5, 0.6) is 0 Å². The van der Waals surface area contributed by atoms with Crippen molar-refractivity contribution < 1.29 is 9.72 Å². The number of anilines is 2. The average molecular weight is 358 g/mol. The summed E-state index contributed by atoms with van der Waals surface area (Å²) in [6.07, 6.45) is 1.34. The molecule has 0 heterocycles. The van der Waals surface area contributed by atoms with Crippen LogP contribution in [0.1, 0.15) is 0 Å². The lowest BCUT2D eigenvalue weighted by Crippen LogP contribution is -2.14. The number of hydrogen-bond donors (Lipinski definition) is 2. The quantitative estimate of drug-likeness (QED) is 0.307. The Morgan fingerprint density at radius 3 is 2.44 bits per heavy atom. The molecule has 0 radical (unpaired) electrons. The van der Waals surface area contributed by atoms with Gasteiger partial charge in [0.05, 0.1) is 4.92 Å². The summed E-state index contributed by atoms with van der Waals surface area (Å²) in [7, 11) is 0. The van der Waals surface area contributed by atoms with E-state index in [2.05, 4.69) is 10.6 Å². The lowest BCUT2D eigenvalue weighted by atomic mass is 10.1. The third kappa shape index (κ3) is 4.08. The first kappa shape index (κ1) is 17.6. The first-order chi connectivity index (χ1) is 13.1. The molecular weight excluding hydrogens is 344 g/mol. The fourth-order valence-corrected chi connectivity index (χ4v) is 2.51. The molecule has 0 unspecified atom stereocenters. The molecule has 0 aliphatic heterocycles. The van der Waals surface area contributed by atoms with E-state index >= 15 is 0 Å². The van der Waals surface area contributed by atoms with Crippen LogP contribution in [-0.2, 0) is 4.79 Å². The van der Waals surface area contributed by atoms with Crippen molar-refractivity contribution >= 4 is 33.7 Å². The van der Waals surface area contributed by atoms with Crippen LogP contribution in [0.25, 0.3) is 10.8 Å². The minimum atomic E-state index is -0.612. The molecule has 0 saturated carbocycles. The Balaban J connectivity index is 1.76. The fourth-order valence-electron chi connectivity index (χ4n) is 2.51. The Morgan fingerprint density at radius 2 is 1.74 bits per heavy atom. The van der Waals surface area contributed by atoms with Crippen LogP contribution < -0.4 is 10.6 Å². The van der Waals surface area contributed by atoms with E-state index < -0.39 is 10.8 Å². The van der Waals surface area contributed by atoms with Gasteiger partial charge in [0.25, 0.3) is 11.6 Å². The van der Waals surface area contributed by atoms with Crippen molar-refractivity contribution in [3.63, 3.8) is 0 Å². The van der Waals surface area contributed by atoms with Crippen molar-refractivity contribution in [2.75, 3.05) is 10.6 Å². The van der Waals surface area contributed by atoms with Gasteiger partial charge in [-0.25, -0.2) is 0 Å². The molecule has 0 fully saturated rings. The Kier molecular flexibility index (Phi) is 5.10. The Bertz CT molecular complexity index is 1080. The molecule has 3 rings (SSSR count). The van der Waals surface area contributed by atoms with E-state index in [0.29, 0.717) is 5.69 Å². The summed E-state index contributed by atoms with van der Waals surface area (Å²) in [6.45, 7) is 0. The summed E-state index contributed by atoms with van der Waals surface area (Å²) in [5, 5.41) is 27.5. The summed E-state index contributed by atoms with van der Waals surface area (Å²) in [6, 6.07) is 20.7. The van der Waals surface area contributed by atoms with Crippen molar-refractivity contribution in [2.45, 2.75) is 0 Å². The molecule has 0 saturated heterocycles. The number of nitro groups is 1. The molecule has 132 valence electrons. The molecule has 0 spiro atoms. The molecule has 0 bridgehead atoms. The molecule has 0 aliphatic carbocycles. The van der Waals surface area contributed by atoms with Crippen LogP contribution in [0.2, 0.25) is 0 Å². The Morgan fingerprint density at radius 1 is 1.04 bits per heavy atom. The number of hydrogen-bond acceptors (Lipinski definition) is 5. The maximum absolute atomic E-state index is 12.3. The zero-order chi connectivity index (χ0) is 19.2. The molecule has 3 aromatic carbocycles. The van der Waals surface area contributed by atoms with Crippen molar-refractivity contribution in [2.24, 2.45) is 0 Å². The maximum Gasteiger partial charge on any atom is 0.269 e. The van der Waals surface area contributed by atoms with Crippen LogP contribution in [-0.4, -0.2) is 10.8 Å². The topological polar surface area (TPSA) is 108 Å². The van der Waals surface area contributed by atoms with E-state index in [0.717, 1.165) is 16.5 Å². The number of rotatable bonds is 5. The number of carbonyl (C=O) groups excluding carboxylic acids is 1. The third-order valence-corrected chi connectivity index (χ3v) is 3.86. The molecule has 1 amide bonds. The number of nitro benzene ring substituents is 1.